The average Bonchev–Trinajstić information content (AvgIpc) is 2.54. The molecule has 100 valence electrons. The largest absolute Gasteiger partial charge is 0.321 e. The van der Waals surface area contributed by atoms with E-state index < -0.39 is 0 Å². The van der Waals surface area contributed by atoms with Gasteiger partial charge in [-0.05, 0) is 30.3 Å². The predicted octanol–water partition coefficient (Wildman–Crippen LogP) is 2.75. The minimum Gasteiger partial charge on any atom is -0.321 e. The van der Waals surface area contributed by atoms with Crippen molar-refractivity contribution in [3.8, 4) is 6.07 Å². The molecule has 0 fully saturated rings. The molecule has 21 heavy (non-hydrogen) atoms. The third kappa shape index (κ3) is 2.69. The first-order valence-corrected chi connectivity index (χ1v) is 6.29. The molecule has 1 N–H and O–H groups in total. The summed E-state index contributed by atoms with van der Waals surface area (Å²) in [5.41, 5.74) is 2.67. The molecule has 0 aliphatic heterocycles. The molecule has 0 bridgehead atoms. The molecule has 2 aromatic carbocycles. The van der Waals surface area contributed by atoms with Crippen LogP contribution in [0.3, 0.4) is 0 Å². The lowest BCUT2D eigenvalue weighted by Crippen LogP contribution is -2.14. The zero-order valence-corrected chi connectivity index (χ0v) is 10.9. The first-order chi connectivity index (χ1) is 10.3. The maximum absolute atomic E-state index is 12.2. The Hall–Kier alpha value is -3.26. The lowest BCUT2D eigenvalue weighted by Gasteiger charge is -2.05. The zero-order chi connectivity index (χ0) is 14.7. The predicted molar refractivity (Wildman–Crippen MR) is 78.6 cm³/mol. The van der Waals surface area contributed by atoms with E-state index in [0.29, 0.717) is 16.8 Å². The summed E-state index contributed by atoms with van der Waals surface area (Å²) in [6, 6.07) is 16.1. The molecule has 3 rings (SSSR count). The Morgan fingerprint density at radius 3 is 2.71 bits per heavy atom. The van der Waals surface area contributed by atoms with Crippen LogP contribution in [0.2, 0.25) is 0 Å². The van der Waals surface area contributed by atoms with Gasteiger partial charge in [-0.15, -0.1) is 0 Å². The van der Waals surface area contributed by atoms with E-state index in [1.807, 2.05) is 24.3 Å². The highest BCUT2D eigenvalue weighted by Crippen LogP contribution is 2.12. The van der Waals surface area contributed by atoms with Gasteiger partial charge in [0.2, 0.25) is 0 Å². The van der Waals surface area contributed by atoms with Crippen LogP contribution < -0.4 is 5.32 Å². The van der Waals surface area contributed by atoms with Gasteiger partial charge in [0.15, 0.2) is 0 Å². The van der Waals surface area contributed by atoms with Crippen LogP contribution in [0.4, 0.5) is 5.69 Å². The van der Waals surface area contributed by atoms with Crippen LogP contribution in [0.25, 0.3) is 11.0 Å². The number of hydrogen-bond acceptors (Lipinski definition) is 4. The smallest absolute Gasteiger partial charge is 0.275 e. The number of para-hydroxylation sites is 2. The molecule has 0 radical (unpaired) electrons. The van der Waals surface area contributed by atoms with Crippen LogP contribution in [0, 0.1) is 11.3 Å². The molecular weight excluding hydrogens is 264 g/mol. The van der Waals surface area contributed by atoms with E-state index >= 15 is 0 Å². The minimum absolute atomic E-state index is 0.232. The second kappa shape index (κ2) is 5.39. The number of nitrogens with one attached hydrogen (secondary N) is 1. The van der Waals surface area contributed by atoms with Gasteiger partial charge >= 0.3 is 0 Å². The van der Waals surface area contributed by atoms with Gasteiger partial charge in [-0.1, -0.05) is 18.2 Å². The Bertz CT molecular complexity index is 867. The minimum atomic E-state index is -0.358. The Morgan fingerprint density at radius 1 is 1.10 bits per heavy atom. The van der Waals surface area contributed by atoms with Crippen molar-refractivity contribution in [3.63, 3.8) is 0 Å². The quantitative estimate of drug-likeness (QED) is 0.779. The molecule has 0 aliphatic rings. The summed E-state index contributed by atoms with van der Waals surface area (Å²) >= 11 is 0. The lowest BCUT2D eigenvalue weighted by atomic mass is 10.2. The Balaban J connectivity index is 1.88. The van der Waals surface area contributed by atoms with E-state index in [-0.39, 0.29) is 11.6 Å². The highest BCUT2D eigenvalue weighted by Gasteiger charge is 2.09. The maximum atomic E-state index is 12.2. The number of carbonyl (C=O) groups excluding carboxylic acids is 1. The molecule has 0 unspecified atom stereocenters. The van der Waals surface area contributed by atoms with Crippen molar-refractivity contribution >= 4 is 22.6 Å². The fourth-order valence-electron chi connectivity index (χ4n) is 1.93. The monoisotopic (exact) mass is 274 g/mol. The number of anilines is 1. The molecule has 3 aromatic rings. The first-order valence-electron chi connectivity index (χ1n) is 6.29. The molecular formula is C16H10N4O. The number of nitriles is 1. The topological polar surface area (TPSA) is 78.7 Å². The molecule has 1 aromatic heterocycles. The van der Waals surface area contributed by atoms with Crippen LogP contribution in [-0.4, -0.2) is 15.9 Å². The fourth-order valence-corrected chi connectivity index (χ4v) is 1.93. The van der Waals surface area contributed by atoms with Gasteiger partial charge in [0.1, 0.15) is 5.69 Å². The van der Waals surface area contributed by atoms with E-state index in [2.05, 4.69) is 15.3 Å². The molecule has 0 aliphatic carbocycles. The van der Waals surface area contributed by atoms with E-state index in [4.69, 9.17) is 5.26 Å². The van der Waals surface area contributed by atoms with Crippen molar-refractivity contribution < 1.29 is 4.79 Å². The Kier molecular flexibility index (Phi) is 3.27. The summed E-state index contributed by atoms with van der Waals surface area (Å²) in [6.07, 6.45) is 1.44. The van der Waals surface area contributed by atoms with Gasteiger partial charge in [-0.25, -0.2) is 4.98 Å². The molecule has 1 amide bonds. The molecule has 0 saturated heterocycles. The van der Waals surface area contributed by atoms with Gasteiger partial charge in [0, 0.05) is 5.69 Å². The molecule has 5 nitrogen and oxygen atoms in total. The van der Waals surface area contributed by atoms with Crippen molar-refractivity contribution in [3.05, 3.63) is 66.0 Å². The second-order valence-electron chi connectivity index (χ2n) is 4.39. The van der Waals surface area contributed by atoms with Gasteiger partial charge in [0.05, 0.1) is 28.9 Å². The Labute approximate surface area is 120 Å². The normalized spacial score (nSPS) is 10.0. The van der Waals surface area contributed by atoms with Crippen LogP contribution in [-0.2, 0) is 0 Å². The Morgan fingerprint density at radius 2 is 1.90 bits per heavy atom. The van der Waals surface area contributed by atoms with Crippen LogP contribution in [0.5, 0.6) is 0 Å². The highest BCUT2D eigenvalue weighted by atomic mass is 16.1. The number of fused-ring (bicyclic) bond motifs is 1. The van der Waals surface area contributed by atoms with Crippen LogP contribution >= 0.6 is 0 Å². The van der Waals surface area contributed by atoms with Crippen molar-refractivity contribution in [1.29, 1.82) is 5.26 Å². The second-order valence-corrected chi connectivity index (χ2v) is 4.39. The van der Waals surface area contributed by atoms with Crippen LogP contribution in [0.15, 0.2) is 54.7 Å². The first kappa shape index (κ1) is 12.8. The number of rotatable bonds is 2. The summed E-state index contributed by atoms with van der Waals surface area (Å²) < 4.78 is 0. The summed E-state index contributed by atoms with van der Waals surface area (Å²) in [4.78, 5) is 20.6. The summed E-state index contributed by atoms with van der Waals surface area (Å²) in [5, 5.41) is 11.6. The SMILES string of the molecule is N#Cc1cccc(NC(=O)c2cnc3ccccc3n2)c1. The molecule has 0 spiro atoms. The van der Waals surface area contributed by atoms with Gasteiger partial charge in [0.25, 0.3) is 5.91 Å². The van der Waals surface area contributed by atoms with E-state index in [9.17, 15) is 4.79 Å². The van der Waals surface area contributed by atoms with Crippen molar-refractivity contribution in [2.24, 2.45) is 0 Å². The number of hydrogen-bond donors (Lipinski definition) is 1. The number of nitrogens with zero attached hydrogens (tertiary/aromatic N) is 3. The average molecular weight is 274 g/mol. The number of carbonyl (C=O) groups is 1. The molecule has 1 heterocycles. The standard InChI is InChI=1S/C16H10N4O/c17-9-11-4-3-5-12(8-11)19-16(21)15-10-18-13-6-1-2-7-14(13)20-15/h1-8,10H,(H,19,21). The van der Waals surface area contributed by atoms with E-state index in [1.54, 1.807) is 30.3 Å². The lowest BCUT2D eigenvalue weighted by molar-refractivity contribution is 0.102. The molecule has 0 atom stereocenters. The fraction of sp³-hybridized carbons (Fsp3) is 0. The molecule has 5 heteroatoms. The number of aromatic nitrogens is 2. The van der Waals surface area contributed by atoms with Crippen molar-refractivity contribution in [2.45, 2.75) is 0 Å². The van der Waals surface area contributed by atoms with Crippen molar-refractivity contribution in [1.82, 2.24) is 9.97 Å². The van der Waals surface area contributed by atoms with Gasteiger partial charge < -0.3 is 5.32 Å². The summed E-state index contributed by atoms with van der Waals surface area (Å²) in [7, 11) is 0. The summed E-state index contributed by atoms with van der Waals surface area (Å²) in [6.45, 7) is 0. The third-order valence-electron chi connectivity index (χ3n) is 2.93. The maximum Gasteiger partial charge on any atom is 0.275 e. The van der Waals surface area contributed by atoms with E-state index in [0.717, 1.165) is 5.52 Å². The zero-order valence-electron chi connectivity index (χ0n) is 10.9. The summed E-state index contributed by atoms with van der Waals surface area (Å²) in [5.74, 6) is -0.358. The highest BCUT2D eigenvalue weighted by molar-refractivity contribution is 6.03. The van der Waals surface area contributed by atoms with Crippen molar-refractivity contribution in [2.75, 3.05) is 5.32 Å². The third-order valence-corrected chi connectivity index (χ3v) is 2.93. The van der Waals surface area contributed by atoms with Crippen LogP contribution in [0.1, 0.15) is 16.1 Å². The molecule has 0 saturated carbocycles. The van der Waals surface area contributed by atoms with Gasteiger partial charge in [-0.3, -0.25) is 9.78 Å². The van der Waals surface area contributed by atoms with Gasteiger partial charge in [-0.2, -0.15) is 5.26 Å². The van der Waals surface area contributed by atoms with E-state index in [1.165, 1.54) is 6.20 Å². The number of amides is 1. The number of benzene rings is 2.